The van der Waals surface area contributed by atoms with Crippen LogP contribution in [0.4, 0.5) is 14.5 Å². The summed E-state index contributed by atoms with van der Waals surface area (Å²) >= 11 is 6.15. The van der Waals surface area contributed by atoms with Gasteiger partial charge in [0.05, 0.1) is 18.3 Å². The van der Waals surface area contributed by atoms with E-state index in [9.17, 15) is 14.3 Å². The smallest absolute Gasteiger partial charge is 0.261 e. The summed E-state index contributed by atoms with van der Waals surface area (Å²) in [6.45, 7) is 4.96. The van der Waals surface area contributed by atoms with Crippen LogP contribution in [-0.2, 0) is 0 Å². The normalized spacial score (nSPS) is 11.0. The van der Waals surface area contributed by atoms with Crippen molar-refractivity contribution in [2.45, 2.75) is 20.8 Å². The first-order valence-electron chi connectivity index (χ1n) is 12.3. The van der Waals surface area contributed by atoms with Crippen LogP contribution in [0.2, 0.25) is 5.15 Å². The van der Waals surface area contributed by atoms with E-state index in [2.05, 4.69) is 20.3 Å². The molecule has 208 valence electrons. The third-order valence-electron chi connectivity index (χ3n) is 6.44. The molecule has 0 radical (unpaired) electrons. The average molecular weight is 577 g/mol. The van der Waals surface area contributed by atoms with Gasteiger partial charge in [-0.15, -0.1) is 0 Å². The quantitative estimate of drug-likeness (QED) is 0.204. The first kappa shape index (κ1) is 27.7. The second-order valence-corrected chi connectivity index (χ2v) is 9.56. The Balaban J connectivity index is 1.43. The zero-order valence-corrected chi connectivity index (χ0v) is 23.1. The number of fused-ring (bicyclic) bond motifs is 1. The lowest BCUT2D eigenvalue weighted by Crippen LogP contribution is -2.16. The number of nitrogens with zero attached hydrogens (tertiary/aromatic N) is 3. The zero-order valence-electron chi connectivity index (χ0n) is 22.3. The van der Waals surface area contributed by atoms with Gasteiger partial charge in [0.25, 0.3) is 5.91 Å². The molecule has 1 amide bonds. The summed E-state index contributed by atoms with van der Waals surface area (Å²) in [5, 5.41) is 13.8. The minimum atomic E-state index is -0.766. The molecule has 0 fully saturated rings. The number of halogens is 3. The fraction of sp³-hybridized carbons (Fsp3) is 0.133. The molecule has 0 unspecified atom stereocenters. The van der Waals surface area contributed by atoms with E-state index < -0.39 is 17.5 Å². The van der Waals surface area contributed by atoms with Gasteiger partial charge in [-0.2, -0.15) is 0 Å². The van der Waals surface area contributed by atoms with E-state index >= 15 is 4.39 Å². The van der Waals surface area contributed by atoms with E-state index in [1.165, 1.54) is 49.7 Å². The minimum absolute atomic E-state index is 0.0864. The van der Waals surface area contributed by atoms with Crippen LogP contribution in [0.15, 0.2) is 54.7 Å². The number of hydrogen-bond acceptors (Lipinski definition) is 7. The van der Waals surface area contributed by atoms with Crippen molar-refractivity contribution in [3.05, 3.63) is 94.0 Å². The maximum Gasteiger partial charge on any atom is 0.261 e. The number of pyridine rings is 3. The van der Waals surface area contributed by atoms with Crippen molar-refractivity contribution in [3.63, 3.8) is 0 Å². The first-order valence-corrected chi connectivity index (χ1v) is 12.7. The molecule has 5 aromatic rings. The van der Waals surface area contributed by atoms with E-state index in [1.54, 1.807) is 26.8 Å². The van der Waals surface area contributed by atoms with Crippen molar-refractivity contribution in [2.75, 3.05) is 12.4 Å². The highest BCUT2D eigenvalue weighted by atomic mass is 35.5. The second kappa shape index (κ2) is 11.0. The van der Waals surface area contributed by atoms with Crippen molar-refractivity contribution in [1.29, 1.82) is 0 Å². The topological polar surface area (TPSA) is 106 Å². The molecule has 41 heavy (non-hydrogen) atoms. The van der Waals surface area contributed by atoms with Gasteiger partial charge >= 0.3 is 0 Å². The molecule has 0 saturated carbocycles. The summed E-state index contributed by atoms with van der Waals surface area (Å²) in [6, 6.07) is 11.1. The Morgan fingerprint density at radius 2 is 1.73 bits per heavy atom. The Labute approximate surface area is 238 Å². The molecule has 2 N–H and O–H groups in total. The average Bonchev–Trinajstić information content (AvgIpc) is 2.91. The molecule has 0 saturated heterocycles. The van der Waals surface area contributed by atoms with Crippen LogP contribution in [0.25, 0.3) is 22.2 Å². The monoisotopic (exact) mass is 576 g/mol. The van der Waals surface area contributed by atoms with Crippen molar-refractivity contribution < 1.29 is 28.2 Å². The molecule has 0 aliphatic carbocycles. The lowest BCUT2D eigenvalue weighted by Gasteiger charge is -2.17. The highest BCUT2D eigenvalue weighted by Crippen LogP contribution is 2.38. The SMILES string of the molecule is COc1cc2nccc(Oc3ccc(NC(=O)c4c(C)nc(C)c(-c5ccc(F)cc5C)c4O)cc3F)c2nc1Cl. The Morgan fingerprint density at radius 3 is 2.44 bits per heavy atom. The fourth-order valence-electron chi connectivity index (χ4n) is 4.54. The lowest BCUT2D eigenvalue weighted by molar-refractivity contribution is 0.102. The third kappa shape index (κ3) is 5.33. The minimum Gasteiger partial charge on any atom is -0.506 e. The van der Waals surface area contributed by atoms with Crippen LogP contribution in [0.1, 0.15) is 27.3 Å². The Kier molecular flexibility index (Phi) is 7.42. The van der Waals surface area contributed by atoms with E-state index in [-0.39, 0.29) is 39.3 Å². The number of rotatable bonds is 6. The predicted molar refractivity (Wildman–Crippen MR) is 151 cm³/mol. The van der Waals surface area contributed by atoms with Gasteiger partial charge in [-0.3, -0.25) is 14.8 Å². The molecule has 0 aliphatic heterocycles. The molecule has 11 heteroatoms. The van der Waals surface area contributed by atoms with Gasteiger partial charge in [-0.25, -0.2) is 13.8 Å². The molecule has 3 heterocycles. The van der Waals surface area contributed by atoms with Crippen LogP contribution in [-0.4, -0.2) is 33.1 Å². The van der Waals surface area contributed by atoms with E-state index in [0.717, 1.165) is 6.07 Å². The summed E-state index contributed by atoms with van der Waals surface area (Å²) in [5.41, 5.74) is 2.92. The maximum atomic E-state index is 15.1. The van der Waals surface area contributed by atoms with Crippen molar-refractivity contribution >= 4 is 34.2 Å². The van der Waals surface area contributed by atoms with E-state index in [1.807, 2.05) is 0 Å². The maximum absolute atomic E-state index is 15.1. The van der Waals surface area contributed by atoms with Crippen LogP contribution >= 0.6 is 11.6 Å². The molecule has 0 spiro atoms. The third-order valence-corrected chi connectivity index (χ3v) is 6.71. The molecule has 0 bridgehead atoms. The highest BCUT2D eigenvalue weighted by Gasteiger charge is 2.23. The number of ether oxygens (including phenoxy) is 2. The van der Waals surface area contributed by atoms with Crippen LogP contribution < -0.4 is 14.8 Å². The largest absolute Gasteiger partial charge is 0.506 e. The predicted octanol–water partition coefficient (Wildman–Crippen LogP) is 7.31. The standard InChI is InChI=1S/C30H23ClF2N4O4/c1-14-11-17(32)5-7-19(14)25-15(2)35-16(3)26(28(25)38)30(39)36-18-6-8-22(20(33)12-18)41-23-9-10-34-21-13-24(40-4)29(31)37-27(21)23/h5-13H,1-4H3,(H,35,38)(H,36,39). The Bertz CT molecular complexity index is 1850. The molecule has 3 aromatic heterocycles. The number of hydrogen-bond donors (Lipinski definition) is 2. The molecular formula is C30H23ClF2N4O4. The van der Waals surface area contributed by atoms with Gasteiger partial charge in [-0.05, 0) is 56.2 Å². The number of aromatic nitrogens is 3. The van der Waals surface area contributed by atoms with Crippen molar-refractivity contribution in [3.8, 4) is 34.1 Å². The van der Waals surface area contributed by atoms with Gasteiger partial charge in [0, 0.05) is 41.3 Å². The number of benzene rings is 2. The van der Waals surface area contributed by atoms with E-state index in [4.69, 9.17) is 21.1 Å². The lowest BCUT2D eigenvalue weighted by atomic mass is 9.95. The molecule has 2 aromatic carbocycles. The molecule has 8 nitrogen and oxygen atoms in total. The van der Waals surface area contributed by atoms with Crippen LogP contribution in [0.3, 0.4) is 0 Å². The highest BCUT2D eigenvalue weighted by molar-refractivity contribution is 6.31. The zero-order chi connectivity index (χ0) is 29.4. The number of anilines is 1. The Morgan fingerprint density at radius 1 is 0.951 bits per heavy atom. The van der Waals surface area contributed by atoms with Crippen LogP contribution in [0.5, 0.6) is 23.0 Å². The van der Waals surface area contributed by atoms with E-state index in [0.29, 0.717) is 39.2 Å². The second-order valence-electron chi connectivity index (χ2n) is 9.20. The van der Waals surface area contributed by atoms with Gasteiger partial charge in [0.2, 0.25) is 0 Å². The van der Waals surface area contributed by atoms with Crippen molar-refractivity contribution in [2.24, 2.45) is 0 Å². The summed E-state index contributed by atoms with van der Waals surface area (Å²) in [7, 11) is 1.45. The van der Waals surface area contributed by atoms with Gasteiger partial charge in [0.15, 0.2) is 28.2 Å². The van der Waals surface area contributed by atoms with Gasteiger partial charge in [0.1, 0.15) is 22.6 Å². The van der Waals surface area contributed by atoms with Crippen molar-refractivity contribution in [1.82, 2.24) is 15.0 Å². The molecule has 0 aliphatic rings. The molecular weight excluding hydrogens is 554 g/mol. The first-order chi connectivity index (χ1) is 19.6. The summed E-state index contributed by atoms with van der Waals surface area (Å²) in [6.07, 6.45) is 1.48. The number of carbonyl (C=O) groups is 1. The van der Waals surface area contributed by atoms with Crippen LogP contribution in [0, 0.1) is 32.4 Å². The molecule has 0 atom stereocenters. The number of aryl methyl sites for hydroxylation is 3. The van der Waals surface area contributed by atoms with Gasteiger partial charge < -0.3 is 19.9 Å². The summed E-state index contributed by atoms with van der Waals surface area (Å²) < 4.78 is 39.7. The number of nitrogens with one attached hydrogen (secondary N) is 1. The summed E-state index contributed by atoms with van der Waals surface area (Å²) in [5.74, 6) is -1.78. The number of methoxy groups -OCH3 is 1. The van der Waals surface area contributed by atoms with Gasteiger partial charge in [-0.1, -0.05) is 17.7 Å². The fourth-order valence-corrected chi connectivity index (χ4v) is 4.75. The summed E-state index contributed by atoms with van der Waals surface area (Å²) in [4.78, 5) is 26.1. The Hall–Kier alpha value is -4.83. The number of carbonyl (C=O) groups excluding carboxylic acids is 1. The molecule has 5 rings (SSSR count). The number of aromatic hydroxyl groups is 1. The number of amides is 1.